The number of allylic oxidation sites excluding steroid dienone is 2. The summed E-state index contributed by atoms with van der Waals surface area (Å²) in [5.41, 5.74) is 0.292. The van der Waals surface area contributed by atoms with Gasteiger partial charge in [-0.3, -0.25) is 10.1 Å². The van der Waals surface area contributed by atoms with E-state index >= 15 is 0 Å². The Kier molecular flexibility index (Phi) is 2.22. The van der Waals surface area contributed by atoms with Gasteiger partial charge in [0.05, 0.1) is 10.3 Å². The van der Waals surface area contributed by atoms with Crippen LogP contribution in [0, 0.1) is 20.9 Å². The lowest BCUT2D eigenvalue weighted by Crippen LogP contribution is -2.31. The Hall–Kier alpha value is -0.860. The van der Waals surface area contributed by atoms with Crippen molar-refractivity contribution >= 4 is 0 Å². The van der Waals surface area contributed by atoms with E-state index in [1.807, 2.05) is 13.8 Å². The van der Waals surface area contributed by atoms with Gasteiger partial charge >= 0.3 is 0 Å². The summed E-state index contributed by atoms with van der Waals surface area (Å²) in [7, 11) is 0. The van der Waals surface area contributed by atoms with Crippen molar-refractivity contribution in [2.75, 3.05) is 0 Å². The molecule has 0 unspecified atom stereocenters. The average Bonchev–Trinajstić information content (AvgIpc) is 1.79. The summed E-state index contributed by atoms with van der Waals surface area (Å²) in [5.74, 6) is 0. The Morgan fingerprint density at radius 1 is 1.38 bits per heavy atom. The van der Waals surface area contributed by atoms with Gasteiger partial charge in [0.2, 0.25) is 5.70 Å². The molecule has 0 radical (unpaired) electrons. The molecule has 0 saturated carbocycles. The van der Waals surface area contributed by atoms with Crippen LogP contribution in [-0.4, -0.2) is 4.92 Å². The van der Waals surface area contributed by atoms with E-state index in [2.05, 4.69) is 13.8 Å². The fraction of sp³-hybridized carbons (Fsp3) is 0.800. The zero-order valence-corrected chi connectivity index (χ0v) is 8.76. The van der Waals surface area contributed by atoms with Crippen LogP contribution in [0.1, 0.15) is 40.5 Å². The predicted molar refractivity (Wildman–Crippen MR) is 51.9 cm³/mol. The molecule has 0 heterocycles. The van der Waals surface area contributed by atoms with Crippen molar-refractivity contribution in [2.45, 2.75) is 40.5 Å². The van der Waals surface area contributed by atoms with E-state index in [1.54, 1.807) is 6.08 Å². The normalized spacial score (nSPS) is 25.1. The van der Waals surface area contributed by atoms with Gasteiger partial charge in [-0.25, -0.2) is 0 Å². The summed E-state index contributed by atoms with van der Waals surface area (Å²) in [6.45, 7) is 8.20. The van der Waals surface area contributed by atoms with Crippen molar-refractivity contribution in [1.29, 1.82) is 0 Å². The largest absolute Gasteiger partial charge is 0.259 e. The quantitative estimate of drug-likeness (QED) is 0.463. The minimum atomic E-state index is -0.286. The third-order valence-electron chi connectivity index (χ3n) is 2.66. The number of nitrogens with zero attached hydrogens (tertiary/aromatic N) is 1. The molecule has 0 aliphatic heterocycles. The molecule has 0 saturated heterocycles. The smallest absolute Gasteiger partial charge is 0.247 e. The SMILES string of the molecule is CC1(C)CC=C([N+](=O)[O-])C(C)(C)C1. The molecule has 0 aromatic carbocycles. The Labute approximate surface area is 79.0 Å². The first-order valence-corrected chi connectivity index (χ1v) is 4.60. The van der Waals surface area contributed by atoms with Gasteiger partial charge in [-0.05, 0) is 38.2 Å². The molecule has 74 valence electrons. The van der Waals surface area contributed by atoms with E-state index in [-0.39, 0.29) is 15.8 Å². The highest BCUT2D eigenvalue weighted by molar-refractivity contribution is 5.11. The Balaban J connectivity index is 3.00. The number of hydrogen-bond acceptors (Lipinski definition) is 2. The van der Waals surface area contributed by atoms with Gasteiger partial charge in [-0.1, -0.05) is 13.8 Å². The fourth-order valence-electron chi connectivity index (χ4n) is 2.33. The highest BCUT2D eigenvalue weighted by atomic mass is 16.6. The van der Waals surface area contributed by atoms with Gasteiger partial charge in [0.15, 0.2) is 0 Å². The average molecular weight is 183 g/mol. The fourth-order valence-corrected chi connectivity index (χ4v) is 2.33. The molecule has 1 aliphatic rings. The molecule has 1 rings (SSSR count). The minimum Gasteiger partial charge on any atom is -0.259 e. The van der Waals surface area contributed by atoms with Crippen LogP contribution < -0.4 is 0 Å². The van der Waals surface area contributed by atoms with Gasteiger partial charge in [0, 0.05) is 0 Å². The lowest BCUT2D eigenvalue weighted by molar-refractivity contribution is -0.442. The Morgan fingerprint density at radius 2 is 1.92 bits per heavy atom. The second-order valence-corrected chi connectivity index (χ2v) is 5.28. The van der Waals surface area contributed by atoms with Crippen molar-refractivity contribution in [3.05, 3.63) is 21.9 Å². The molecule has 0 amide bonds. The summed E-state index contributed by atoms with van der Waals surface area (Å²) in [5, 5.41) is 10.7. The lowest BCUT2D eigenvalue weighted by Gasteiger charge is -2.36. The number of nitro groups is 1. The van der Waals surface area contributed by atoms with Crippen molar-refractivity contribution in [1.82, 2.24) is 0 Å². The first-order chi connectivity index (χ1) is 5.75. The summed E-state index contributed by atoms with van der Waals surface area (Å²) in [6, 6.07) is 0. The van der Waals surface area contributed by atoms with Crippen molar-refractivity contribution in [2.24, 2.45) is 10.8 Å². The highest BCUT2D eigenvalue weighted by Gasteiger charge is 2.41. The van der Waals surface area contributed by atoms with E-state index < -0.39 is 0 Å². The highest BCUT2D eigenvalue weighted by Crippen LogP contribution is 2.45. The molecule has 0 N–H and O–H groups in total. The predicted octanol–water partition coefficient (Wildman–Crippen LogP) is 2.99. The molecular formula is C10H17NO2. The van der Waals surface area contributed by atoms with Gasteiger partial charge in [-0.15, -0.1) is 0 Å². The molecule has 0 atom stereocenters. The van der Waals surface area contributed by atoms with E-state index in [0.29, 0.717) is 5.70 Å². The summed E-state index contributed by atoms with van der Waals surface area (Å²) in [4.78, 5) is 10.5. The molecule has 13 heavy (non-hydrogen) atoms. The third-order valence-corrected chi connectivity index (χ3v) is 2.66. The van der Waals surface area contributed by atoms with Crippen LogP contribution in [-0.2, 0) is 0 Å². The van der Waals surface area contributed by atoms with E-state index in [4.69, 9.17) is 0 Å². The molecule has 0 bridgehead atoms. The van der Waals surface area contributed by atoms with Crippen molar-refractivity contribution in [3.8, 4) is 0 Å². The van der Waals surface area contributed by atoms with Gasteiger partial charge < -0.3 is 0 Å². The zero-order chi connectivity index (χ0) is 10.3. The molecule has 1 aliphatic carbocycles. The van der Waals surface area contributed by atoms with Crippen LogP contribution >= 0.6 is 0 Å². The van der Waals surface area contributed by atoms with Crippen LogP contribution in [0.25, 0.3) is 0 Å². The first kappa shape index (κ1) is 10.2. The second-order valence-electron chi connectivity index (χ2n) is 5.28. The topological polar surface area (TPSA) is 43.1 Å². The van der Waals surface area contributed by atoms with Gasteiger partial charge in [0.1, 0.15) is 0 Å². The standard InChI is InChI=1S/C10H17NO2/c1-9(2)6-5-8(11(12)13)10(3,4)7-9/h5H,6-7H2,1-4H3. The molecule has 0 fully saturated rings. The van der Waals surface area contributed by atoms with Crippen molar-refractivity contribution < 1.29 is 4.92 Å². The summed E-state index contributed by atoms with van der Waals surface area (Å²) in [6.07, 6.45) is 3.48. The minimum absolute atomic E-state index is 0.197. The van der Waals surface area contributed by atoms with E-state index in [1.165, 1.54) is 0 Å². The van der Waals surface area contributed by atoms with Crippen LogP contribution in [0.15, 0.2) is 11.8 Å². The molecule has 3 nitrogen and oxygen atoms in total. The molecule has 0 aromatic rings. The molecule has 0 spiro atoms. The van der Waals surface area contributed by atoms with Gasteiger partial charge in [0.25, 0.3) is 0 Å². The van der Waals surface area contributed by atoms with Crippen molar-refractivity contribution in [3.63, 3.8) is 0 Å². The van der Waals surface area contributed by atoms with E-state index in [0.717, 1.165) is 12.8 Å². The maximum atomic E-state index is 10.7. The van der Waals surface area contributed by atoms with Crippen LogP contribution in [0.5, 0.6) is 0 Å². The molecule has 0 aromatic heterocycles. The zero-order valence-electron chi connectivity index (χ0n) is 8.76. The third kappa shape index (κ3) is 2.08. The Bertz CT molecular complexity index is 264. The molecule has 3 heteroatoms. The van der Waals surface area contributed by atoms with Crippen LogP contribution in [0.2, 0.25) is 0 Å². The Morgan fingerprint density at radius 3 is 2.31 bits per heavy atom. The first-order valence-electron chi connectivity index (χ1n) is 4.60. The maximum Gasteiger partial charge on any atom is 0.247 e. The van der Waals surface area contributed by atoms with Crippen LogP contribution in [0.4, 0.5) is 0 Å². The van der Waals surface area contributed by atoms with Gasteiger partial charge in [-0.2, -0.15) is 0 Å². The maximum absolute atomic E-state index is 10.7. The second kappa shape index (κ2) is 2.82. The summed E-state index contributed by atoms with van der Waals surface area (Å²) >= 11 is 0. The summed E-state index contributed by atoms with van der Waals surface area (Å²) < 4.78 is 0. The van der Waals surface area contributed by atoms with Crippen LogP contribution in [0.3, 0.4) is 0 Å². The lowest BCUT2D eigenvalue weighted by atomic mass is 9.67. The van der Waals surface area contributed by atoms with E-state index in [9.17, 15) is 10.1 Å². The number of rotatable bonds is 1. The molecular weight excluding hydrogens is 166 g/mol. The number of hydrogen-bond donors (Lipinski definition) is 0. The monoisotopic (exact) mass is 183 g/mol.